The maximum absolute atomic E-state index is 12.0. The third-order valence-electron chi connectivity index (χ3n) is 3.59. The predicted molar refractivity (Wildman–Crippen MR) is 94.0 cm³/mol. The van der Waals surface area contributed by atoms with Crippen LogP contribution in [0.15, 0.2) is 48.5 Å². The lowest BCUT2D eigenvalue weighted by atomic mass is 10.1. The number of benzene rings is 2. The number of carbonyl (C=O) groups is 1. The average molecular weight is 312 g/mol. The van der Waals surface area contributed by atoms with Crippen molar-refractivity contribution in [2.75, 3.05) is 25.5 Å². The fraction of sp³-hybridized carbons (Fsp3) is 0.316. The smallest absolute Gasteiger partial charge is 0.225 e. The Kier molecular flexibility index (Phi) is 6.63. The zero-order valence-electron chi connectivity index (χ0n) is 13.8. The highest BCUT2D eigenvalue weighted by molar-refractivity contribution is 5.92. The molecule has 122 valence electrons. The highest BCUT2D eigenvalue weighted by Gasteiger charge is 2.07. The minimum Gasteiger partial charge on any atom is -0.495 e. The lowest BCUT2D eigenvalue weighted by Gasteiger charge is -2.11. The number of ether oxygens (including phenoxy) is 1. The van der Waals surface area contributed by atoms with Crippen LogP contribution in [0, 0.1) is 6.92 Å². The van der Waals surface area contributed by atoms with Crippen molar-refractivity contribution in [2.24, 2.45) is 0 Å². The topological polar surface area (TPSA) is 50.4 Å². The first kappa shape index (κ1) is 17.0. The van der Waals surface area contributed by atoms with Gasteiger partial charge in [-0.25, -0.2) is 0 Å². The molecule has 2 aromatic rings. The summed E-state index contributed by atoms with van der Waals surface area (Å²) in [6, 6.07) is 16.1. The number of nitrogens with one attached hydrogen (secondary N) is 2. The number of aryl methyl sites for hydroxylation is 1. The van der Waals surface area contributed by atoms with Crippen molar-refractivity contribution in [1.82, 2.24) is 5.32 Å². The van der Waals surface area contributed by atoms with Crippen LogP contribution in [0.4, 0.5) is 5.69 Å². The normalized spacial score (nSPS) is 10.3. The number of amides is 1. The van der Waals surface area contributed by atoms with Crippen LogP contribution >= 0.6 is 0 Å². The van der Waals surface area contributed by atoms with Crippen LogP contribution in [-0.4, -0.2) is 26.1 Å². The summed E-state index contributed by atoms with van der Waals surface area (Å²) in [5.41, 5.74) is 3.11. The molecule has 0 aliphatic heterocycles. The van der Waals surface area contributed by atoms with Gasteiger partial charge >= 0.3 is 0 Å². The van der Waals surface area contributed by atoms with Gasteiger partial charge in [-0.15, -0.1) is 0 Å². The first-order chi connectivity index (χ1) is 11.2. The van der Waals surface area contributed by atoms with Crippen LogP contribution in [0.1, 0.15) is 17.5 Å². The van der Waals surface area contributed by atoms with Crippen LogP contribution in [0.25, 0.3) is 0 Å². The second-order valence-electron chi connectivity index (χ2n) is 5.49. The van der Waals surface area contributed by atoms with Crippen molar-refractivity contribution < 1.29 is 9.53 Å². The summed E-state index contributed by atoms with van der Waals surface area (Å²) in [4.78, 5) is 12.0. The van der Waals surface area contributed by atoms with E-state index in [9.17, 15) is 4.79 Å². The Morgan fingerprint density at radius 3 is 2.61 bits per heavy atom. The molecule has 0 fully saturated rings. The SMILES string of the molecule is COc1ccc(C)cc1NC(=O)CCNCCc1ccccc1. The summed E-state index contributed by atoms with van der Waals surface area (Å²) < 4.78 is 5.26. The van der Waals surface area contributed by atoms with E-state index in [2.05, 4.69) is 22.8 Å². The Morgan fingerprint density at radius 2 is 1.87 bits per heavy atom. The van der Waals surface area contributed by atoms with Gasteiger partial charge in [0, 0.05) is 13.0 Å². The maximum atomic E-state index is 12.0. The molecule has 2 aromatic carbocycles. The molecule has 2 N–H and O–H groups in total. The lowest BCUT2D eigenvalue weighted by molar-refractivity contribution is -0.116. The van der Waals surface area contributed by atoms with Crippen LogP contribution in [0.2, 0.25) is 0 Å². The van der Waals surface area contributed by atoms with Crippen LogP contribution < -0.4 is 15.4 Å². The lowest BCUT2D eigenvalue weighted by Crippen LogP contribution is -2.23. The van der Waals surface area contributed by atoms with Crippen LogP contribution in [0.5, 0.6) is 5.75 Å². The molecule has 4 heteroatoms. The number of hydrogen-bond donors (Lipinski definition) is 2. The third-order valence-corrected chi connectivity index (χ3v) is 3.59. The van der Waals surface area contributed by atoms with Crippen molar-refractivity contribution in [3.8, 4) is 5.75 Å². The summed E-state index contributed by atoms with van der Waals surface area (Å²) >= 11 is 0. The summed E-state index contributed by atoms with van der Waals surface area (Å²) in [7, 11) is 1.60. The Morgan fingerprint density at radius 1 is 1.09 bits per heavy atom. The van der Waals surface area contributed by atoms with Gasteiger partial charge in [0.2, 0.25) is 5.91 Å². The number of carbonyl (C=O) groups excluding carboxylic acids is 1. The number of anilines is 1. The Labute approximate surface area is 137 Å². The van der Waals surface area contributed by atoms with E-state index >= 15 is 0 Å². The molecule has 2 rings (SSSR count). The van der Waals surface area contributed by atoms with Crippen LogP contribution in [-0.2, 0) is 11.2 Å². The first-order valence-corrected chi connectivity index (χ1v) is 7.88. The molecule has 0 spiro atoms. The number of methoxy groups -OCH3 is 1. The van der Waals surface area contributed by atoms with Crippen molar-refractivity contribution in [1.29, 1.82) is 0 Å². The van der Waals surface area contributed by atoms with Crippen LogP contribution in [0.3, 0.4) is 0 Å². The van der Waals surface area contributed by atoms with E-state index in [-0.39, 0.29) is 5.91 Å². The summed E-state index contributed by atoms with van der Waals surface area (Å²) in [5, 5.41) is 6.21. The molecule has 0 saturated heterocycles. The second kappa shape index (κ2) is 8.96. The van der Waals surface area contributed by atoms with E-state index < -0.39 is 0 Å². The van der Waals surface area contributed by atoms with Gasteiger partial charge in [-0.05, 0) is 43.1 Å². The Balaban J connectivity index is 1.70. The van der Waals surface area contributed by atoms with Gasteiger partial charge in [0.25, 0.3) is 0 Å². The molecule has 0 heterocycles. The minimum atomic E-state index is -0.0129. The third kappa shape index (κ3) is 5.75. The van der Waals surface area contributed by atoms with Gasteiger partial charge in [-0.1, -0.05) is 36.4 Å². The minimum absolute atomic E-state index is 0.0129. The quantitative estimate of drug-likeness (QED) is 0.736. The van der Waals surface area contributed by atoms with E-state index in [1.165, 1.54) is 5.56 Å². The fourth-order valence-electron chi connectivity index (χ4n) is 2.34. The molecular formula is C19H24N2O2. The van der Waals surface area contributed by atoms with E-state index in [1.54, 1.807) is 7.11 Å². The van der Waals surface area contributed by atoms with E-state index in [1.807, 2.05) is 43.3 Å². The van der Waals surface area contributed by atoms with Gasteiger partial charge in [-0.3, -0.25) is 4.79 Å². The molecule has 0 aliphatic rings. The molecule has 0 radical (unpaired) electrons. The molecule has 0 atom stereocenters. The van der Waals surface area contributed by atoms with Crippen molar-refractivity contribution in [3.05, 3.63) is 59.7 Å². The molecule has 0 bridgehead atoms. The largest absolute Gasteiger partial charge is 0.495 e. The Bertz CT molecular complexity index is 627. The molecule has 0 aliphatic carbocycles. The van der Waals surface area contributed by atoms with Gasteiger partial charge in [0.1, 0.15) is 5.75 Å². The van der Waals surface area contributed by atoms with Crippen molar-refractivity contribution >= 4 is 11.6 Å². The molecule has 0 saturated carbocycles. The van der Waals surface area contributed by atoms with Gasteiger partial charge in [0.05, 0.1) is 12.8 Å². The molecule has 0 aromatic heterocycles. The first-order valence-electron chi connectivity index (χ1n) is 7.88. The molecule has 4 nitrogen and oxygen atoms in total. The van der Waals surface area contributed by atoms with E-state index in [0.29, 0.717) is 18.7 Å². The zero-order chi connectivity index (χ0) is 16.5. The molecule has 23 heavy (non-hydrogen) atoms. The van der Waals surface area contributed by atoms with Crippen molar-refractivity contribution in [3.63, 3.8) is 0 Å². The average Bonchev–Trinajstić information content (AvgIpc) is 2.56. The van der Waals surface area contributed by atoms with Gasteiger partial charge in [0.15, 0.2) is 0 Å². The summed E-state index contributed by atoms with van der Waals surface area (Å²) in [6.07, 6.45) is 1.40. The highest BCUT2D eigenvalue weighted by atomic mass is 16.5. The van der Waals surface area contributed by atoms with Gasteiger partial charge in [-0.2, -0.15) is 0 Å². The maximum Gasteiger partial charge on any atom is 0.225 e. The molecule has 1 amide bonds. The number of rotatable bonds is 8. The van der Waals surface area contributed by atoms with Gasteiger partial charge < -0.3 is 15.4 Å². The molecule has 0 unspecified atom stereocenters. The van der Waals surface area contributed by atoms with E-state index in [4.69, 9.17) is 4.74 Å². The standard InChI is InChI=1S/C19H24N2O2/c1-15-8-9-18(23-2)17(14-15)21-19(22)11-13-20-12-10-16-6-4-3-5-7-16/h3-9,14,20H,10-13H2,1-2H3,(H,21,22). The predicted octanol–water partition coefficient (Wildman–Crippen LogP) is 3.16. The zero-order valence-corrected chi connectivity index (χ0v) is 13.8. The monoisotopic (exact) mass is 312 g/mol. The number of hydrogen-bond acceptors (Lipinski definition) is 3. The van der Waals surface area contributed by atoms with E-state index in [0.717, 1.165) is 24.2 Å². The summed E-state index contributed by atoms with van der Waals surface area (Å²) in [5.74, 6) is 0.669. The fourth-order valence-corrected chi connectivity index (χ4v) is 2.34. The second-order valence-corrected chi connectivity index (χ2v) is 5.49. The Hall–Kier alpha value is -2.33. The highest BCUT2D eigenvalue weighted by Crippen LogP contribution is 2.25. The summed E-state index contributed by atoms with van der Waals surface area (Å²) in [6.45, 7) is 3.51. The molecular weight excluding hydrogens is 288 g/mol. The van der Waals surface area contributed by atoms with Crippen molar-refractivity contribution in [2.45, 2.75) is 19.8 Å².